The molecular weight excluding hydrogens is 350 g/mol. The van der Waals surface area contributed by atoms with Gasteiger partial charge < -0.3 is 10.2 Å². The molecule has 1 heterocycles. The summed E-state index contributed by atoms with van der Waals surface area (Å²) in [5.74, 6) is 0.0605. The van der Waals surface area contributed by atoms with Gasteiger partial charge in [0.25, 0.3) is 0 Å². The van der Waals surface area contributed by atoms with Crippen LogP contribution in [0.3, 0.4) is 0 Å². The fourth-order valence-electron chi connectivity index (χ4n) is 2.90. The molecule has 5 nitrogen and oxygen atoms in total. The third kappa shape index (κ3) is 4.00. The second-order valence-corrected chi connectivity index (χ2v) is 6.23. The highest BCUT2D eigenvalue weighted by molar-refractivity contribution is 5.94. The van der Waals surface area contributed by atoms with Crippen LogP contribution in [-0.2, 0) is 6.54 Å². The van der Waals surface area contributed by atoms with Gasteiger partial charge >= 0.3 is 5.97 Å². The summed E-state index contributed by atoms with van der Waals surface area (Å²) in [5.41, 5.74) is 9.25. The summed E-state index contributed by atoms with van der Waals surface area (Å²) in [6.07, 6.45) is 1.70. The van der Waals surface area contributed by atoms with Crippen LogP contribution < -0.4 is 15.6 Å². The van der Waals surface area contributed by atoms with E-state index in [1.165, 1.54) is 0 Å². The zero-order valence-corrected chi connectivity index (χ0v) is 15.1. The first kappa shape index (κ1) is 17.7. The Bertz CT molecular complexity index is 1080. The van der Waals surface area contributed by atoms with Gasteiger partial charge in [-0.1, -0.05) is 54.6 Å². The minimum absolute atomic E-state index is 0.406. The molecule has 0 amide bonds. The van der Waals surface area contributed by atoms with E-state index in [-0.39, 0.29) is 0 Å². The average molecular weight is 369 g/mol. The largest absolute Gasteiger partial charge is 0.420 e. The summed E-state index contributed by atoms with van der Waals surface area (Å²) < 4.78 is 5.78. The lowest BCUT2D eigenvalue weighted by molar-refractivity contribution is 0.0735. The zero-order valence-electron chi connectivity index (χ0n) is 15.1. The Morgan fingerprint density at radius 2 is 1.61 bits per heavy atom. The van der Waals surface area contributed by atoms with Gasteiger partial charge in [0.05, 0.1) is 5.56 Å². The van der Waals surface area contributed by atoms with Gasteiger partial charge in [0.2, 0.25) is 0 Å². The van der Waals surface area contributed by atoms with Crippen molar-refractivity contribution >= 4 is 22.6 Å². The van der Waals surface area contributed by atoms with Gasteiger partial charge in [-0.2, -0.15) is 0 Å². The molecule has 0 spiro atoms. The maximum absolute atomic E-state index is 12.6. The first-order valence-electron chi connectivity index (χ1n) is 8.99. The van der Waals surface area contributed by atoms with Crippen molar-refractivity contribution in [3.63, 3.8) is 0 Å². The third-order valence-corrected chi connectivity index (χ3v) is 4.30. The number of hydrazine groups is 1. The van der Waals surface area contributed by atoms with Crippen molar-refractivity contribution in [3.8, 4) is 5.75 Å². The minimum Gasteiger partial charge on any atom is -0.420 e. The van der Waals surface area contributed by atoms with Crippen LogP contribution in [0.2, 0.25) is 0 Å². The molecule has 28 heavy (non-hydrogen) atoms. The van der Waals surface area contributed by atoms with E-state index in [0.29, 0.717) is 23.4 Å². The Balaban J connectivity index is 1.60. The van der Waals surface area contributed by atoms with Crippen LogP contribution in [-0.4, -0.2) is 11.0 Å². The average Bonchev–Trinajstić information content (AvgIpc) is 2.76. The van der Waals surface area contributed by atoms with E-state index in [0.717, 1.165) is 16.6 Å². The van der Waals surface area contributed by atoms with E-state index in [9.17, 15) is 4.79 Å². The molecule has 138 valence electrons. The van der Waals surface area contributed by atoms with Crippen molar-refractivity contribution in [1.29, 1.82) is 0 Å². The fourth-order valence-corrected chi connectivity index (χ4v) is 2.90. The van der Waals surface area contributed by atoms with Crippen LogP contribution in [0.25, 0.3) is 10.9 Å². The van der Waals surface area contributed by atoms with E-state index in [1.54, 1.807) is 18.3 Å². The molecule has 4 aromatic rings. The van der Waals surface area contributed by atoms with E-state index in [4.69, 9.17) is 4.74 Å². The molecule has 0 unspecified atom stereocenters. The number of para-hydroxylation sites is 1. The van der Waals surface area contributed by atoms with Crippen molar-refractivity contribution < 1.29 is 9.53 Å². The number of nitrogens with zero attached hydrogens (tertiary/aromatic N) is 1. The number of pyridine rings is 1. The number of carbonyl (C=O) groups excluding carboxylic acids is 1. The standard InChI is InChI=1S/C23H19N3O2/c27-23(18-8-3-1-4-9-18)28-22-19(14-13-17-10-7-15-24-21(17)22)16-25-26-20-11-5-2-6-12-20/h1-15,25-26H,16H2. The van der Waals surface area contributed by atoms with E-state index in [1.807, 2.05) is 72.8 Å². The van der Waals surface area contributed by atoms with Gasteiger partial charge in [-0.05, 0) is 30.3 Å². The molecule has 3 aromatic carbocycles. The molecule has 0 atom stereocenters. The maximum Gasteiger partial charge on any atom is 0.343 e. The van der Waals surface area contributed by atoms with Crippen LogP contribution in [0.15, 0.2) is 91.1 Å². The van der Waals surface area contributed by atoms with Crippen molar-refractivity contribution in [2.24, 2.45) is 0 Å². The van der Waals surface area contributed by atoms with Gasteiger partial charge in [-0.25, -0.2) is 10.2 Å². The van der Waals surface area contributed by atoms with Gasteiger partial charge in [0.1, 0.15) is 5.52 Å². The van der Waals surface area contributed by atoms with E-state index < -0.39 is 5.97 Å². The number of anilines is 1. The van der Waals surface area contributed by atoms with Crippen LogP contribution in [0, 0.1) is 0 Å². The number of ether oxygens (including phenoxy) is 1. The normalized spacial score (nSPS) is 10.6. The van der Waals surface area contributed by atoms with Crippen LogP contribution in [0.5, 0.6) is 5.75 Å². The van der Waals surface area contributed by atoms with Gasteiger partial charge in [-0.3, -0.25) is 4.98 Å². The molecular formula is C23H19N3O2. The Morgan fingerprint density at radius 3 is 2.39 bits per heavy atom. The quantitative estimate of drug-likeness (QED) is 0.296. The molecule has 0 saturated heterocycles. The number of hydrogen-bond donors (Lipinski definition) is 2. The van der Waals surface area contributed by atoms with Gasteiger partial charge in [0.15, 0.2) is 5.75 Å². The Labute approximate surface area is 163 Å². The summed E-state index contributed by atoms with van der Waals surface area (Å²) in [6, 6.07) is 26.5. The second kappa shape index (κ2) is 8.33. The second-order valence-electron chi connectivity index (χ2n) is 6.23. The molecule has 2 N–H and O–H groups in total. The number of carbonyl (C=O) groups is 1. The molecule has 0 saturated carbocycles. The van der Waals surface area contributed by atoms with E-state index in [2.05, 4.69) is 15.8 Å². The smallest absolute Gasteiger partial charge is 0.343 e. The number of esters is 1. The lowest BCUT2D eigenvalue weighted by atomic mass is 10.1. The summed E-state index contributed by atoms with van der Waals surface area (Å²) in [6.45, 7) is 0.457. The molecule has 5 heteroatoms. The number of aromatic nitrogens is 1. The lowest BCUT2D eigenvalue weighted by Gasteiger charge is -2.14. The Morgan fingerprint density at radius 1 is 0.857 bits per heavy atom. The topological polar surface area (TPSA) is 63.2 Å². The fraction of sp³-hybridized carbons (Fsp3) is 0.0435. The molecule has 0 aliphatic carbocycles. The van der Waals surface area contributed by atoms with Crippen molar-refractivity contribution in [2.45, 2.75) is 6.54 Å². The number of hydrogen-bond acceptors (Lipinski definition) is 5. The first-order chi connectivity index (χ1) is 13.8. The maximum atomic E-state index is 12.6. The molecule has 0 radical (unpaired) electrons. The summed E-state index contributed by atoms with van der Waals surface area (Å²) in [4.78, 5) is 17.0. The summed E-state index contributed by atoms with van der Waals surface area (Å²) >= 11 is 0. The lowest BCUT2D eigenvalue weighted by Crippen LogP contribution is -2.22. The van der Waals surface area contributed by atoms with Gasteiger partial charge in [0, 0.05) is 29.4 Å². The predicted octanol–water partition coefficient (Wildman–Crippen LogP) is 4.57. The SMILES string of the molecule is O=C(Oc1c(CNNc2ccccc2)ccc2cccnc12)c1ccccc1. The monoisotopic (exact) mass is 369 g/mol. The molecule has 1 aromatic heterocycles. The highest BCUT2D eigenvalue weighted by Gasteiger charge is 2.15. The van der Waals surface area contributed by atoms with E-state index >= 15 is 0 Å². The Hall–Kier alpha value is -3.70. The number of nitrogens with one attached hydrogen (secondary N) is 2. The first-order valence-corrected chi connectivity index (χ1v) is 8.99. The van der Waals surface area contributed by atoms with Crippen LogP contribution >= 0.6 is 0 Å². The van der Waals surface area contributed by atoms with Crippen molar-refractivity contribution in [3.05, 3.63) is 102 Å². The molecule has 0 fully saturated rings. The zero-order chi connectivity index (χ0) is 19.2. The highest BCUT2D eigenvalue weighted by Crippen LogP contribution is 2.29. The number of benzene rings is 3. The van der Waals surface area contributed by atoms with Crippen LogP contribution in [0.1, 0.15) is 15.9 Å². The van der Waals surface area contributed by atoms with Crippen LogP contribution in [0.4, 0.5) is 5.69 Å². The molecule has 0 bridgehead atoms. The third-order valence-electron chi connectivity index (χ3n) is 4.30. The van der Waals surface area contributed by atoms with Crippen molar-refractivity contribution in [1.82, 2.24) is 10.4 Å². The predicted molar refractivity (Wildman–Crippen MR) is 110 cm³/mol. The Kier molecular flexibility index (Phi) is 5.26. The van der Waals surface area contributed by atoms with Crippen molar-refractivity contribution in [2.75, 3.05) is 5.43 Å². The summed E-state index contributed by atoms with van der Waals surface area (Å²) in [5, 5.41) is 0.915. The van der Waals surface area contributed by atoms with Gasteiger partial charge in [-0.15, -0.1) is 0 Å². The highest BCUT2D eigenvalue weighted by atomic mass is 16.5. The number of fused-ring (bicyclic) bond motifs is 1. The molecule has 0 aliphatic rings. The molecule has 4 rings (SSSR count). The number of rotatable bonds is 6. The minimum atomic E-state index is -0.406. The summed E-state index contributed by atoms with van der Waals surface area (Å²) in [7, 11) is 0. The molecule has 0 aliphatic heterocycles.